The van der Waals surface area contributed by atoms with Crippen LogP contribution in [0.2, 0.25) is 0 Å². The first-order valence-corrected chi connectivity index (χ1v) is 5.66. The SMILES string of the molecule is N=C(N)c1ccc(Br)cc1OC(C(F)(F)F)C(F)(F)F. The number of nitrogen functional groups attached to an aromatic ring is 1. The molecule has 0 fully saturated rings. The molecule has 0 bridgehead atoms. The summed E-state index contributed by atoms with van der Waals surface area (Å²) >= 11 is 2.88. The van der Waals surface area contributed by atoms with Gasteiger partial charge in [-0.15, -0.1) is 0 Å². The van der Waals surface area contributed by atoms with Gasteiger partial charge in [0, 0.05) is 4.47 Å². The van der Waals surface area contributed by atoms with Gasteiger partial charge in [0.05, 0.1) is 5.56 Å². The van der Waals surface area contributed by atoms with Crippen molar-refractivity contribution in [3.8, 4) is 5.75 Å². The fraction of sp³-hybridized carbons (Fsp3) is 0.300. The Kier molecular flexibility index (Phi) is 4.57. The molecule has 0 aliphatic rings. The van der Waals surface area contributed by atoms with Gasteiger partial charge >= 0.3 is 12.4 Å². The highest BCUT2D eigenvalue weighted by Gasteiger charge is 2.59. The highest BCUT2D eigenvalue weighted by Crippen LogP contribution is 2.37. The third-order valence-electron chi connectivity index (χ3n) is 2.07. The van der Waals surface area contributed by atoms with E-state index in [1.807, 2.05) is 0 Å². The van der Waals surface area contributed by atoms with Gasteiger partial charge in [0.1, 0.15) is 11.6 Å². The van der Waals surface area contributed by atoms with Crippen LogP contribution in [0.5, 0.6) is 5.75 Å². The van der Waals surface area contributed by atoms with E-state index < -0.39 is 30.0 Å². The van der Waals surface area contributed by atoms with Gasteiger partial charge in [-0.25, -0.2) is 0 Å². The molecule has 0 aromatic heterocycles. The average molecular weight is 365 g/mol. The topological polar surface area (TPSA) is 59.1 Å². The van der Waals surface area contributed by atoms with E-state index in [0.717, 1.165) is 12.1 Å². The Morgan fingerprint density at radius 1 is 1.15 bits per heavy atom. The predicted octanol–water partition coefficient (Wildman–Crippen LogP) is 3.61. The van der Waals surface area contributed by atoms with E-state index in [1.54, 1.807) is 0 Å². The predicted molar refractivity (Wildman–Crippen MR) is 61.7 cm³/mol. The number of benzene rings is 1. The quantitative estimate of drug-likeness (QED) is 0.489. The first-order chi connectivity index (χ1) is 8.93. The lowest BCUT2D eigenvalue weighted by Crippen LogP contribution is -2.46. The molecule has 0 aliphatic heterocycles. The fourth-order valence-electron chi connectivity index (χ4n) is 1.26. The van der Waals surface area contributed by atoms with E-state index in [9.17, 15) is 26.3 Å². The minimum absolute atomic E-state index is 0.181. The Morgan fingerprint density at radius 3 is 2.05 bits per heavy atom. The van der Waals surface area contributed by atoms with Crippen molar-refractivity contribution in [2.75, 3.05) is 0 Å². The summed E-state index contributed by atoms with van der Waals surface area (Å²) in [6.07, 6.45) is -15.3. The van der Waals surface area contributed by atoms with E-state index in [-0.39, 0.29) is 10.0 Å². The molecule has 1 aromatic rings. The molecule has 3 nitrogen and oxygen atoms in total. The fourth-order valence-corrected chi connectivity index (χ4v) is 1.60. The van der Waals surface area contributed by atoms with E-state index in [1.165, 1.54) is 6.07 Å². The number of hydrogen-bond acceptors (Lipinski definition) is 2. The van der Waals surface area contributed by atoms with Gasteiger partial charge in [0.25, 0.3) is 6.10 Å². The zero-order valence-corrected chi connectivity index (χ0v) is 11.0. The maximum absolute atomic E-state index is 12.4. The van der Waals surface area contributed by atoms with Crippen molar-refractivity contribution in [3.05, 3.63) is 28.2 Å². The number of ether oxygens (including phenoxy) is 1. The molecule has 0 radical (unpaired) electrons. The monoisotopic (exact) mass is 364 g/mol. The van der Waals surface area contributed by atoms with Crippen molar-refractivity contribution in [2.45, 2.75) is 18.5 Å². The lowest BCUT2D eigenvalue weighted by Gasteiger charge is -2.25. The van der Waals surface area contributed by atoms with Gasteiger partial charge < -0.3 is 10.5 Å². The number of nitrogens with one attached hydrogen (secondary N) is 1. The molecule has 0 amide bonds. The summed E-state index contributed by atoms with van der Waals surface area (Å²) in [5.41, 5.74) is 4.72. The molecule has 20 heavy (non-hydrogen) atoms. The Balaban J connectivity index is 3.24. The van der Waals surface area contributed by atoms with Gasteiger partial charge in [-0.05, 0) is 18.2 Å². The molecule has 1 rings (SSSR count). The third-order valence-corrected chi connectivity index (χ3v) is 2.57. The summed E-state index contributed by atoms with van der Waals surface area (Å²) in [6, 6.07) is 3.26. The van der Waals surface area contributed by atoms with Gasteiger partial charge in [-0.1, -0.05) is 15.9 Å². The first-order valence-electron chi connectivity index (χ1n) is 4.87. The summed E-state index contributed by atoms with van der Waals surface area (Å²) in [5, 5.41) is 7.12. The zero-order valence-electron chi connectivity index (χ0n) is 9.44. The van der Waals surface area contributed by atoms with Gasteiger partial charge in [-0.3, -0.25) is 5.41 Å². The first kappa shape index (κ1) is 16.6. The molecule has 0 aliphatic carbocycles. The minimum atomic E-state index is -5.64. The van der Waals surface area contributed by atoms with Gasteiger partial charge in [0.15, 0.2) is 0 Å². The molecule has 3 N–H and O–H groups in total. The lowest BCUT2D eigenvalue weighted by atomic mass is 10.2. The molecule has 0 unspecified atom stereocenters. The second-order valence-corrected chi connectivity index (χ2v) is 4.55. The van der Waals surface area contributed by atoms with Crippen LogP contribution < -0.4 is 10.5 Å². The number of rotatable bonds is 3. The van der Waals surface area contributed by atoms with Crippen LogP contribution in [0.1, 0.15) is 5.56 Å². The molecular weight excluding hydrogens is 358 g/mol. The summed E-state index contributed by atoms with van der Waals surface area (Å²) in [4.78, 5) is 0. The number of hydrogen-bond donors (Lipinski definition) is 2. The largest absolute Gasteiger partial charge is 0.471 e. The number of alkyl halides is 6. The van der Waals surface area contributed by atoms with Crippen molar-refractivity contribution >= 4 is 21.8 Å². The highest BCUT2D eigenvalue weighted by molar-refractivity contribution is 9.10. The summed E-state index contributed by atoms with van der Waals surface area (Å²) in [5.74, 6) is -1.50. The Morgan fingerprint density at radius 2 is 1.65 bits per heavy atom. The molecule has 10 heteroatoms. The number of amidine groups is 1. The maximum Gasteiger partial charge on any atom is 0.434 e. The third kappa shape index (κ3) is 4.02. The van der Waals surface area contributed by atoms with Crippen LogP contribution in [0, 0.1) is 5.41 Å². The molecule has 112 valence electrons. The molecule has 0 atom stereocenters. The van der Waals surface area contributed by atoms with Crippen molar-refractivity contribution in [2.24, 2.45) is 5.73 Å². The Bertz CT molecular complexity index is 499. The smallest absolute Gasteiger partial charge is 0.434 e. The number of nitrogens with two attached hydrogens (primary N) is 1. The maximum atomic E-state index is 12.4. The molecule has 0 heterocycles. The molecule has 0 saturated carbocycles. The van der Waals surface area contributed by atoms with Crippen LogP contribution in [0.15, 0.2) is 22.7 Å². The van der Waals surface area contributed by atoms with Crippen molar-refractivity contribution < 1.29 is 31.1 Å². The Labute approximate surface area is 117 Å². The molecule has 1 aromatic carbocycles. The standard InChI is InChI=1S/C10H7BrF6N2O/c11-4-1-2-5(7(18)19)6(3-4)20-8(9(12,13)14)10(15,16)17/h1-3,8H,(H3,18,19). The summed E-state index contributed by atoms with van der Waals surface area (Å²) in [6.45, 7) is 0. The summed E-state index contributed by atoms with van der Waals surface area (Å²) in [7, 11) is 0. The van der Waals surface area contributed by atoms with Crippen LogP contribution in [0.25, 0.3) is 0 Å². The van der Waals surface area contributed by atoms with Crippen LogP contribution in [-0.4, -0.2) is 24.3 Å². The van der Waals surface area contributed by atoms with E-state index >= 15 is 0 Å². The zero-order chi connectivity index (χ0) is 15.7. The van der Waals surface area contributed by atoms with Gasteiger partial charge in [-0.2, -0.15) is 26.3 Å². The van der Waals surface area contributed by atoms with Crippen LogP contribution in [-0.2, 0) is 0 Å². The lowest BCUT2D eigenvalue weighted by molar-refractivity contribution is -0.299. The van der Waals surface area contributed by atoms with Crippen molar-refractivity contribution in [1.29, 1.82) is 5.41 Å². The van der Waals surface area contributed by atoms with E-state index in [2.05, 4.69) is 20.7 Å². The average Bonchev–Trinajstić information content (AvgIpc) is 2.22. The highest BCUT2D eigenvalue weighted by atomic mass is 79.9. The Hall–Kier alpha value is -1.45. The van der Waals surface area contributed by atoms with Gasteiger partial charge in [0.2, 0.25) is 0 Å². The minimum Gasteiger partial charge on any atom is -0.471 e. The van der Waals surface area contributed by atoms with E-state index in [4.69, 9.17) is 11.1 Å². The van der Waals surface area contributed by atoms with E-state index in [0.29, 0.717) is 0 Å². The second-order valence-electron chi connectivity index (χ2n) is 3.64. The van der Waals surface area contributed by atoms with Crippen molar-refractivity contribution in [1.82, 2.24) is 0 Å². The van der Waals surface area contributed by atoms with Crippen LogP contribution in [0.4, 0.5) is 26.3 Å². The molecular formula is C10H7BrF6N2O. The van der Waals surface area contributed by atoms with Crippen molar-refractivity contribution in [3.63, 3.8) is 0 Å². The number of halogens is 7. The van der Waals surface area contributed by atoms with Crippen LogP contribution >= 0.6 is 15.9 Å². The van der Waals surface area contributed by atoms with Crippen LogP contribution in [0.3, 0.4) is 0 Å². The second kappa shape index (κ2) is 5.51. The normalized spacial score (nSPS) is 12.6. The summed E-state index contributed by atoms with van der Waals surface area (Å²) < 4.78 is 78.6. The molecule has 0 saturated heterocycles. The molecule has 0 spiro atoms.